The fourth-order valence-electron chi connectivity index (χ4n) is 1.72. The summed E-state index contributed by atoms with van der Waals surface area (Å²) in [6, 6.07) is 8.41. The summed E-state index contributed by atoms with van der Waals surface area (Å²) in [4.78, 5) is 1.50. The number of alkyl halides is 1. The molecule has 0 saturated heterocycles. The molecule has 2 aromatic rings. The predicted octanol–water partition coefficient (Wildman–Crippen LogP) is 6.46. The smallest absolute Gasteiger partial charge is 0.133 e. The Kier molecular flexibility index (Phi) is 5.52. The summed E-state index contributed by atoms with van der Waals surface area (Å²) in [5.41, 5.74) is 2.48. The number of hydrogen-bond donors (Lipinski definition) is 0. The van der Waals surface area contributed by atoms with Gasteiger partial charge in [-0.1, -0.05) is 22.0 Å². The van der Waals surface area contributed by atoms with Gasteiger partial charge in [0.25, 0.3) is 0 Å². The first-order chi connectivity index (χ1) is 9.02. The van der Waals surface area contributed by atoms with Crippen molar-refractivity contribution in [3.63, 3.8) is 0 Å². The van der Waals surface area contributed by atoms with Crippen LogP contribution in [-0.4, -0.2) is 6.61 Å². The Labute approximate surface area is 142 Å². The van der Waals surface area contributed by atoms with E-state index in [-0.39, 0.29) is 4.83 Å². The lowest BCUT2D eigenvalue weighted by Crippen LogP contribution is -1.95. The summed E-state index contributed by atoms with van der Waals surface area (Å²) in [5.74, 6) is 0.884. The van der Waals surface area contributed by atoms with Crippen molar-refractivity contribution in [2.24, 2.45) is 0 Å². The minimum absolute atomic E-state index is 0.203. The maximum atomic E-state index is 5.53. The van der Waals surface area contributed by atoms with E-state index in [0.29, 0.717) is 6.61 Å². The van der Waals surface area contributed by atoms with Crippen LogP contribution in [-0.2, 0) is 0 Å². The van der Waals surface area contributed by atoms with Gasteiger partial charge in [-0.05, 0) is 75.0 Å². The molecule has 1 atom stereocenters. The summed E-state index contributed by atoms with van der Waals surface area (Å²) in [6.07, 6.45) is 0. The lowest BCUT2D eigenvalue weighted by atomic mass is 10.1. The molecular weight excluding hydrogens is 456 g/mol. The second kappa shape index (κ2) is 6.74. The molecule has 102 valence electrons. The number of hydrogen-bond acceptors (Lipinski definition) is 2. The molecule has 1 aromatic carbocycles. The summed E-state index contributed by atoms with van der Waals surface area (Å²) in [5, 5.41) is 0. The van der Waals surface area contributed by atoms with Crippen molar-refractivity contribution in [2.75, 3.05) is 6.61 Å². The average molecular weight is 469 g/mol. The average Bonchev–Trinajstić information content (AvgIpc) is 2.71. The van der Waals surface area contributed by atoms with Crippen LogP contribution in [0.25, 0.3) is 0 Å². The highest BCUT2D eigenvalue weighted by molar-refractivity contribution is 9.11. The quantitative estimate of drug-likeness (QED) is 0.467. The number of halogens is 3. The van der Waals surface area contributed by atoms with Gasteiger partial charge in [-0.15, -0.1) is 11.3 Å². The van der Waals surface area contributed by atoms with Gasteiger partial charge in [-0.2, -0.15) is 0 Å². The standard InChI is InChI=1S/C14H13Br3OS/c1-3-18-11-5-4-9(7-10(11)15)13(16)12-6-8(2)14(17)19-12/h4-7,13H,3H2,1-2H3. The highest BCUT2D eigenvalue weighted by Gasteiger charge is 2.15. The summed E-state index contributed by atoms with van der Waals surface area (Å²) in [7, 11) is 0. The Morgan fingerprint density at radius 3 is 2.53 bits per heavy atom. The third-order valence-corrected chi connectivity index (χ3v) is 6.82. The first-order valence-corrected chi connectivity index (χ1v) is 9.17. The molecule has 19 heavy (non-hydrogen) atoms. The van der Waals surface area contributed by atoms with Gasteiger partial charge in [-0.25, -0.2) is 0 Å². The van der Waals surface area contributed by atoms with Crippen LogP contribution in [0.3, 0.4) is 0 Å². The predicted molar refractivity (Wildman–Crippen MR) is 92.8 cm³/mol. The molecule has 0 amide bonds. The van der Waals surface area contributed by atoms with E-state index >= 15 is 0 Å². The molecule has 0 spiro atoms. The minimum atomic E-state index is 0.203. The molecule has 0 saturated carbocycles. The van der Waals surface area contributed by atoms with E-state index < -0.39 is 0 Å². The lowest BCUT2D eigenvalue weighted by Gasteiger charge is -2.11. The Hall–Kier alpha value is 0.160. The number of ether oxygens (including phenoxy) is 1. The van der Waals surface area contributed by atoms with Crippen LogP contribution in [0, 0.1) is 6.92 Å². The van der Waals surface area contributed by atoms with Crippen LogP contribution in [0.4, 0.5) is 0 Å². The Morgan fingerprint density at radius 1 is 1.26 bits per heavy atom. The van der Waals surface area contributed by atoms with Gasteiger partial charge in [0.2, 0.25) is 0 Å². The zero-order chi connectivity index (χ0) is 14.0. The van der Waals surface area contributed by atoms with Crippen molar-refractivity contribution in [2.45, 2.75) is 18.7 Å². The van der Waals surface area contributed by atoms with Gasteiger partial charge in [-0.3, -0.25) is 0 Å². The van der Waals surface area contributed by atoms with Gasteiger partial charge < -0.3 is 4.74 Å². The van der Waals surface area contributed by atoms with E-state index in [1.54, 1.807) is 11.3 Å². The van der Waals surface area contributed by atoms with Gasteiger partial charge in [0, 0.05) is 4.88 Å². The molecule has 5 heteroatoms. The molecule has 1 nitrogen and oxygen atoms in total. The molecule has 1 unspecified atom stereocenters. The van der Waals surface area contributed by atoms with E-state index in [4.69, 9.17) is 4.74 Å². The van der Waals surface area contributed by atoms with E-state index in [1.165, 1.54) is 19.8 Å². The van der Waals surface area contributed by atoms with Crippen LogP contribution in [0.1, 0.15) is 27.8 Å². The molecule has 0 N–H and O–H groups in total. The van der Waals surface area contributed by atoms with Crippen molar-refractivity contribution < 1.29 is 4.74 Å². The SMILES string of the molecule is CCOc1ccc(C(Br)c2cc(C)c(Br)s2)cc1Br. The first-order valence-electron chi connectivity index (χ1n) is 5.85. The van der Waals surface area contributed by atoms with E-state index in [0.717, 1.165) is 10.2 Å². The van der Waals surface area contributed by atoms with Crippen molar-refractivity contribution in [1.82, 2.24) is 0 Å². The van der Waals surface area contributed by atoms with Gasteiger partial charge in [0.1, 0.15) is 5.75 Å². The van der Waals surface area contributed by atoms with Gasteiger partial charge >= 0.3 is 0 Å². The molecule has 1 heterocycles. The van der Waals surface area contributed by atoms with Crippen molar-refractivity contribution >= 4 is 59.1 Å². The number of rotatable bonds is 4. The Balaban J connectivity index is 2.28. The van der Waals surface area contributed by atoms with Gasteiger partial charge in [0.15, 0.2) is 0 Å². The molecule has 1 aromatic heterocycles. The fourth-order valence-corrected chi connectivity index (χ4v) is 4.51. The molecule has 0 bridgehead atoms. The van der Waals surface area contributed by atoms with Crippen molar-refractivity contribution in [3.05, 3.63) is 48.5 Å². The van der Waals surface area contributed by atoms with Crippen molar-refractivity contribution in [1.29, 1.82) is 0 Å². The number of benzene rings is 1. The zero-order valence-electron chi connectivity index (χ0n) is 10.5. The van der Waals surface area contributed by atoms with E-state index in [2.05, 4.69) is 72.9 Å². The van der Waals surface area contributed by atoms with Crippen LogP contribution < -0.4 is 4.74 Å². The summed E-state index contributed by atoms with van der Waals surface area (Å²) in [6.45, 7) is 4.77. The normalized spacial score (nSPS) is 12.5. The highest BCUT2D eigenvalue weighted by Crippen LogP contribution is 2.40. The third kappa shape index (κ3) is 3.63. The number of aryl methyl sites for hydroxylation is 1. The second-order valence-corrected chi connectivity index (χ2v) is 8.26. The Morgan fingerprint density at radius 2 is 2.00 bits per heavy atom. The lowest BCUT2D eigenvalue weighted by molar-refractivity contribution is 0.338. The maximum Gasteiger partial charge on any atom is 0.133 e. The molecule has 0 aliphatic carbocycles. The summed E-state index contributed by atoms with van der Waals surface area (Å²) >= 11 is 12.7. The molecule has 0 aliphatic rings. The zero-order valence-corrected chi connectivity index (χ0v) is 16.1. The van der Waals surface area contributed by atoms with Crippen LogP contribution >= 0.6 is 59.1 Å². The minimum Gasteiger partial charge on any atom is -0.493 e. The van der Waals surface area contributed by atoms with Crippen LogP contribution in [0.15, 0.2) is 32.5 Å². The van der Waals surface area contributed by atoms with Crippen molar-refractivity contribution in [3.8, 4) is 5.75 Å². The monoisotopic (exact) mass is 466 g/mol. The van der Waals surface area contributed by atoms with Crippen LogP contribution in [0.2, 0.25) is 0 Å². The molecular formula is C14H13Br3OS. The Bertz CT molecular complexity index is 561. The number of thiophene rings is 1. The highest BCUT2D eigenvalue weighted by atomic mass is 79.9. The molecule has 0 radical (unpaired) electrons. The third-order valence-electron chi connectivity index (χ3n) is 2.67. The van der Waals surface area contributed by atoms with E-state index in [9.17, 15) is 0 Å². The molecule has 0 aliphatic heterocycles. The largest absolute Gasteiger partial charge is 0.493 e. The molecule has 2 rings (SSSR count). The first kappa shape index (κ1) is 15.5. The molecule has 0 fully saturated rings. The fraction of sp³-hybridized carbons (Fsp3) is 0.286. The van der Waals surface area contributed by atoms with E-state index in [1.807, 2.05) is 13.0 Å². The maximum absolute atomic E-state index is 5.53. The summed E-state index contributed by atoms with van der Waals surface area (Å²) < 4.78 is 7.71. The van der Waals surface area contributed by atoms with Gasteiger partial charge in [0.05, 0.1) is 19.7 Å². The topological polar surface area (TPSA) is 9.23 Å². The van der Waals surface area contributed by atoms with Crippen LogP contribution in [0.5, 0.6) is 5.75 Å². The second-order valence-electron chi connectivity index (χ2n) is 4.09.